The molecule has 0 bridgehead atoms. The fourth-order valence-electron chi connectivity index (χ4n) is 4.17. The Morgan fingerprint density at radius 1 is 0.882 bits per heavy atom. The molecule has 5 heteroatoms. The van der Waals surface area contributed by atoms with Crippen molar-refractivity contribution >= 4 is 5.69 Å². The maximum absolute atomic E-state index is 6.20. The minimum atomic E-state index is 0.308. The zero-order valence-corrected chi connectivity index (χ0v) is 20.3. The molecule has 0 aromatic heterocycles. The summed E-state index contributed by atoms with van der Waals surface area (Å²) in [6.07, 6.45) is 5.05. The van der Waals surface area contributed by atoms with Crippen LogP contribution in [0.4, 0.5) is 5.69 Å². The van der Waals surface area contributed by atoms with Gasteiger partial charge in [0.15, 0.2) is 0 Å². The van der Waals surface area contributed by atoms with Gasteiger partial charge in [-0.05, 0) is 98.5 Å². The Hall–Kier alpha value is -3.18. The van der Waals surface area contributed by atoms with Crippen molar-refractivity contribution in [2.24, 2.45) is 0 Å². The van der Waals surface area contributed by atoms with Crippen LogP contribution in [0.2, 0.25) is 0 Å². The number of anilines is 1. The number of benzene rings is 3. The first-order valence-electron chi connectivity index (χ1n) is 12.3. The molecular formula is C29H36N2O3. The number of ether oxygens (including phenoxy) is 3. The smallest absolute Gasteiger partial charge is 0.130 e. The highest BCUT2D eigenvalue weighted by molar-refractivity contribution is 5.48. The Morgan fingerprint density at radius 2 is 1.56 bits per heavy atom. The highest BCUT2D eigenvalue weighted by Crippen LogP contribution is 2.27. The summed E-state index contributed by atoms with van der Waals surface area (Å²) >= 11 is 0. The molecule has 0 saturated carbocycles. The molecule has 4 rings (SSSR count). The molecule has 1 heterocycles. The van der Waals surface area contributed by atoms with E-state index in [2.05, 4.69) is 11.8 Å². The summed E-state index contributed by atoms with van der Waals surface area (Å²) in [6.45, 7) is 8.22. The molecule has 3 aromatic rings. The number of nitrogens with two attached hydrogens (primary N) is 1. The van der Waals surface area contributed by atoms with Gasteiger partial charge in [-0.25, -0.2) is 0 Å². The molecule has 0 spiro atoms. The predicted octanol–water partition coefficient (Wildman–Crippen LogP) is 6.59. The van der Waals surface area contributed by atoms with Crippen LogP contribution < -0.4 is 19.9 Å². The molecule has 0 amide bonds. The van der Waals surface area contributed by atoms with Crippen LogP contribution in [0.15, 0.2) is 66.7 Å². The minimum Gasteiger partial charge on any atom is -0.490 e. The van der Waals surface area contributed by atoms with E-state index in [1.165, 1.54) is 19.4 Å². The van der Waals surface area contributed by atoms with Gasteiger partial charge in [0.1, 0.15) is 35.7 Å². The number of aryl methyl sites for hydroxylation is 1. The van der Waals surface area contributed by atoms with E-state index in [0.29, 0.717) is 12.7 Å². The molecule has 1 aliphatic rings. The van der Waals surface area contributed by atoms with Crippen LogP contribution in [-0.4, -0.2) is 30.6 Å². The number of likely N-dealkylation sites (tertiary alicyclic amines) is 1. The summed E-state index contributed by atoms with van der Waals surface area (Å²) in [5.74, 6) is 3.34. The Labute approximate surface area is 203 Å². The first-order valence-corrected chi connectivity index (χ1v) is 12.3. The number of hydrogen-bond acceptors (Lipinski definition) is 5. The van der Waals surface area contributed by atoms with Crippen LogP contribution in [0, 0.1) is 6.92 Å². The first-order chi connectivity index (χ1) is 16.6. The van der Waals surface area contributed by atoms with E-state index in [-0.39, 0.29) is 0 Å². The van der Waals surface area contributed by atoms with E-state index in [1.54, 1.807) is 0 Å². The van der Waals surface area contributed by atoms with E-state index in [0.717, 1.165) is 65.7 Å². The zero-order chi connectivity index (χ0) is 23.8. The molecule has 1 fully saturated rings. The van der Waals surface area contributed by atoms with Gasteiger partial charge >= 0.3 is 0 Å². The number of nitrogen functional groups attached to an aromatic ring is 1. The van der Waals surface area contributed by atoms with E-state index in [9.17, 15) is 0 Å². The number of rotatable bonds is 10. The largest absolute Gasteiger partial charge is 0.490 e. The molecule has 0 aliphatic carbocycles. The third-order valence-corrected chi connectivity index (χ3v) is 6.24. The van der Waals surface area contributed by atoms with E-state index < -0.39 is 0 Å². The lowest BCUT2D eigenvalue weighted by Crippen LogP contribution is -2.38. The van der Waals surface area contributed by atoms with Crippen LogP contribution in [0.3, 0.4) is 0 Å². The Bertz CT molecular complexity index is 1030. The summed E-state index contributed by atoms with van der Waals surface area (Å²) in [5.41, 5.74) is 8.64. The maximum Gasteiger partial charge on any atom is 0.130 e. The van der Waals surface area contributed by atoms with Crippen LogP contribution >= 0.6 is 0 Å². The lowest BCUT2D eigenvalue weighted by atomic mass is 10.1. The number of unbranched alkanes of at least 4 members (excludes halogenated alkanes) is 1. The summed E-state index contributed by atoms with van der Waals surface area (Å²) in [7, 11) is 0. The summed E-state index contributed by atoms with van der Waals surface area (Å²) < 4.78 is 18.1. The molecule has 180 valence electrons. The van der Waals surface area contributed by atoms with Crippen molar-refractivity contribution in [1.82, 2.24) is 4.90 Å². The number of hydrogen-bond donors (Lipinski definition) is 1. The van der Waals surface area contributed by atoms with Gasteiger partial charge in [-0.1, -0.05) is 25.5 Å². The van der Waals surface area contributed by atoms with Crippen molar-refractivity contribution in [3.05, 3.63) is 77.9 Å². The third kappa shape index (κ3) is 6.91. The SMILES string of the molecule is CCCCN1CCC(Oc2ccc(OCc3ccc(Oc4ccc(N)cc4C)cc3)cc2)CC1. The highest BCUT2D eigenvalue weighted by Gasteiger charge is 2.20. The van der Waals surface area contributed by atoms with E-state index in [4.69, 9.17) is 19.9 Å². The van der Waals surface area contributed by atoms with Gasteiger partial charge in [0, 0.05) is 18.8 Å². The fourth-order valence-corrected chi connectivity index (χ4v) is 4.17. The van der Waals surface area contributed by atoms with Gasteiger partial charge in [0.25, 0.3) is 0 Å². The lowest BCUT2D eigenvalue weighted by molar-refractivity contribution is 0.0997. The summed E-state index contributed by atoms with van der Waals surface area (Å²) in [6, 6.07) is 21.6. The van der Waals surface area contributed by atoms with Crippen molar-refractivity contribution in [3.63, 3.8) is 0 Å². The van der Waals surface area contributed by atoms with Gasteiger partial charge in [0.2, 0.25) is 0 Å². The zero-order valence-electron chi connectivity index (χ0n) is 20.3. The average Bonchev–Trinajstić information content (AvgIpc) is 2.86. The highest BCUT2D eigenvalue weighted by atomic mass is 16.5. The first kappa shape index (κ1) is 24.0. The number of nitrogens with zero attached hydrogens (tertiary/aromatic N) is 1. The van der Waals surface area contributed by atoms with Gasteiger partial charge < -0.3 is 24.8 Å². The Balaban J connectivity index is 1.22. The standard InChI is InChI=1S/C29H36N2O3/c1-3-4-17-31-18-15-28(16-19-31)33-26-12-10-25(11-13-26)32-21-23-5-8-27(9-6-23)34-29-14-7-24(30)20-22(29)2/h5-14,20,28H,3-4,15-19,21,30H2,1-2H3. The molecule has 0 atom stereocenters. The van der Waals surface area contributed by atoms with Crippen molar-refractivity contribution < 1.29 is 14.2 Å². The molecule has 1 saturated heterocycles. The Morgan fingerprint density at radius 3 is 2.24 bits per heavy atom. The number of piperidine rings is 1. The monoisotopic (exact) mass is 460 g/mol. The Kier molecular flexibility index (Phi) is 8.31. The second kappa shape index (κ2) is 11.8. The molecule has 2 N–H and O–H groups in total. The molecule has 1 aliphatic heterocycles. The quantitative estimate of drug-likeness (QED) is 0.346. The fraction of sp³-hybridized carbons (Fsp3) is 0.379. The van der Waals surface area contributed by atoms with Crippen LogP contribution in [0.5, 0.6) is 23.0 Å². The van der Waals surface area contributed by atoms with Gasteiger partial charge in [0.05, 0.1) is 0 Å². The van der Waals surface area contributed by atoms with Crippen molar-refractivity contribution in [3.8, 4) is 23.0 Å². The second-order valence-electron chi connectivity index (χ2n) is 9.04. The van der Waals surface area contributed by atoms with Crippen LogP contribution in [-0.2, 0) is 6.61 Å². The van der Waals surface area contributed by atoms with Crippen molar-refractivity contribution in [2.45, 2.75) is 52.2 Å². The van der Waals surface area contributed by atoms with Crippen molar-refractivity contribution in [2.75, 3.05) is 25.4 Å². The van der Waals surface area contributed by atoms with Gasteiger partial charge in [-0.2, -0.15) is 0 Å². The van der Waals surface area contributed by atoms with Crippen molar-refractivity contribution in [1.29, 1.82) is 0 Å². The normalized spacial score (nSPS) is 14.6. The summed E-state index contributed by atoms with van der Waals surface area (Å²) in [4.78, 5) is 2.55. The third-order valence-electron chi connectivity index (χ3n) is 6.24. The second-order valence-corrected chi connectivity index (χ2v) is 9.04. The topological polar surface area (TPSA) is 57.0 Å². The van der Waals surface area contributed by atoms with Crippen LogP contribution in [0.25, 0.3) is 0 Å². The molecular weight excluding hydrogens is 424 g/mol. The minimum absolute atomic E-state index is 0.308. The average molecular weight is 461 g/mol. The lowest BCUT2D eigenvalue weighted by Gasteiger charge is -2.32. The van der Waals surface area contributed by atoms with Gasteiger partial charge in [-0.15, -0.1) is 0 Å². The van der Waals surface area contributed by atoms with E-state index >= 15 is 0 Å². The maximum atomic E-state index is 6.20. The molecule has 3 aromatic carbocycles. The molecule has 5 nitrogen and oxygen atoms in total. The van der Waals surface area contributed by atoms with Gasteiger partial charge in [-0.3, -0.25) is 0 Å². The molecule has 34 heavy (non-hydrogen) atoms. The summed E-state index contributed by atoms with van der Waals surface area (Å²) in [5, 5.41) is 0. The van der Waals surface area contributed by atoms with Crippen LogP contribution in [0.1, 0.15) is 43.7 Å². The predicted molar refractivity (Wildman–Crippen MR) is 138 cm³/mol. The molecule has 0 radical (unpaired) electrons. The molecule has 0 unspecified atom stereocenters. The van der Waals surface area contributed by atoms with E-state index in [1.807, 2.05) is 73.7 Å².